The molecule has 1 aromatic heterocycles. The number of hydrogen-bond acceptors (Lipinski definition) is 4. The van der Waals surface area contributed by atoms with E-state index < -0.39 is 5.97 Å². The van der Waals surface area contributed by atoms with Crippen LogP contribution in [0.15, 0.2) is 36.4 Å². The molecule has 0 unspecified atom stereocenters. The fraction of sp³-hybridized carbons (Fsp3) is 0.214. The lowest BCUT2D eigenvalue weighted by Gasteiger charge is -1.98. The van der Waals surface area contributed by atoms with Crippen LogP contribution in [0.3, 0.4) is 0 Å². The maximum atomic E-state index is 11.6. The second kappa shape index (κ2) is 5.69. The zero-order valence-electron chi connectivity index (χ0n) is 10.1. The first-order valence-corrected chi connectivity index (χ1v) is 6.55. The molecular weight excluding hydrogens is 248 g/mol. The van der Waals surface area contributed by atoms with Crippen LogP contribution < -0.4 is 0 Å². The molecule has 0 fully saturated rings. The second-order valence-corrected chi connectivity index (χ2v) is 4.95. The molecule has 2 rings (SSSR count). The molecule has 0 spiro atoms. The molecule has 2 aromatic rings. The standard InChI is InChI=1S/C14H14O3S/c1-2-17-14(16)13-12(15)9-11(18-13)8-10-6-4-3-5-7-10/h3-7,9,15H,2,8H2,1H3. The molecule has 1 aromatic carbocycles. The van der Waals surface area contributed by atoms with Crippen LogP contribution in [0, 0.1) is 0 Å². The van der Waals surface area contributed by atoms with Crippen molar-refractivity contribution < 1.29 is 14.6 Å². The van der Waals surface area contributed by atoms with Crippen molar-refractivity contribution in [2.75, 3.05) is 6.61 Å². The molecule has 1 heterocycles. The number of esters is 1. The van der Waals surface area contributed by atoms with E-state index in [2.05, 4.69) is 0 Å². The third kappa shape index (κ3) is 2.90. The van der Waals surface area contributed by atoms with Gasteiger partial charge in [0.1, 0.15) is 5.75 Å². The molecule has 0 bridgehead atoms. The minimum absolute atomic E-state index is 0.00406. The predicted molar refractivity (Wildman–Crippen MR) is 71.2 cm³/mol. The highest BCUT2D eigenvalue weighted by Gasteiger charge is 2.16. The largest absolute Gasteiger partial charge is 0.506 e. The van der Waals surface area contributed by atoms with Gasteiger partial charge >= 0.3 is 5.97 Å². The van der Waals surface area contributed by atoms with E-state index in [1.165, 1.54) is 11.3 Å². The van der Waals surface area contributed by atoms with Crippen molar-refractivity contribution in [3.05, 3.63) is 51.7 Å². The highest BCUT2D eigenvalue weighted by atomic mass is 32.1. The number of carbonyl (C=O) groups excluding carboxylic acids is 1. The number of rotatable bonds is 4. The van der Waals surface area contributed by atoms with Crippen LogP contribution in [-0.2, 0) is 11.2 Å². The summed E-state index contributed by atoms with van der Waals surface area (Å²) in [6, 6.07) is 11.6. The zero-order valence-corrected chi connectivity index (χ0v) is 10.9. The van der Waals surface area contributed by atoms with Gasteiger partial charge in [0.25, 0.3) is 0 Å². The molecule has 0 aliphatic heterocycles. The minimum atomic E-state index is -0.459. The third-order valence-electron chi connectivity index (χ3n) is 2.45. The smallest absolute Gasteiger partial charge is 0.352 e. The summed E-state index contributed by atoms with van der Waals surface area (Å²) in [6.07, 6.45) is 0.707. The second-order valence-electron chi connectivity index (χ2n) is 3.81. The molecule has 0 atom stereocenters. The third-order valence-corrected chi connectivity index (χ3v) is 3.55. The van der Waals surface area contributed by atoms with Crippen molar-refractivity contribution in [1.82, 2.24) is 0 Å². The Labute approximate surface area is 110 Å². The Bertz CT molecular complexity index is 531. The topological polar surface area (TPSA) is 46.5 Å². The van der Waals surface area contributed by atoms with Gasteiger partial charge in [0.15, 0.2) is 4.88 Å². The molecule has 0 saturated carbocycles. The monoisotopic (exact) mass is 262 g/mol. The maximum Gasteiger partial charge on any atom is 0.352 e. The summed E-state index contributed by atoms with van der Waals surface area (Å²) in [5.74, 6) is -0.455. The van der Waals surface area contributed by atoms with Gasteiger partial charge in [-0.25, -0.2) is 4.79 Å². The number of carbonyl (C=O) groups is 1. The van der Waals surface area contributed by atoms with Gasteiger partial charge < -0.3 is 9.84 Å². The van der Waals surface area contributed by atoms with Gasteiger partial charge in [0.2, 0.25) is 0 Å². The lowest BCUT2D eigenvalue weighted by molar-refractivity contribution is 0.0529. The highest BCUT2D eigenvalue weighted by molar-refractivity contribution is 7.14. The van der Waals surface area contributed by atoms with E-state index >= 15 is 0 Å². The van der Waals surface area contributed by atoms with Crippen LogP contribution in [0.5, 0.6) is 5.75 Å². The summed E-state index contributed by atoms with van der Waals surface area (Å²) in [5.41, 5.74) is 1.15. The van der Waals surface area contributed by atoms with E-state index in [0.717, 1.165) is 10.4 Å². The van der Waals surface area contributed by atoms with E-state index in [-0.39, 0.29) is 10.6 Å². The van der Waals surface area contributed by atoms with Crippen LogP contribution in [-0.4, -0.2) is 17.7 Å². The number of ether oxygens (including phenoxy) is 1. The normalized spacial score (nSPS) is 10.3. The van der Waals surface area contributed by atoms with Crippen LogP contribution in [0.4, 0.5) is 0 Å². The van der Waals surface area contributed by atoms with Crippen molar-refractivity contribution in [2.45, 2.75) is 13.3 Å². The van der Waals surface area contributed by atoms with Gasteiger partial charge in [-0.15, -0.1) is 11.3 Å². The molecule has 0 amide bonds. The summed E-state index contributed by atoms with van der Waals surface area (Å²) in [5, 5.41) is 9.72. The summed E-state index contributed by atoms with van der Waals surface area (Å²) in [4.78, 5) is 12.8. The number of aromatic hydroxyl groups is 1. The van der Waals surface area contributed by atoms with Crippen LogP contribution in [0.1, 0.15) is 27.0 Å². The van der Waals surface area contributed by atoms with Gasteiger partial charge in [0, 0.05) is 11.3 Å². The Kier molecular flexibility index (Phi) is 3.99. The highest BCUT2D eigenvalue weighted by Crippen LogP contribution is 2.30. The maximum absolute atomic E-state index is 11.6. The average Bonchev–Trinajstić information content (AvgIpc) is 2.72. The molecule has 3 nitrogen and oxygen atoms in total. The Morgan fingerprint density at radius 2 is 2.06 bits per heavy atom. The van der Waals surface area contributed by atoms with Crippen molar-refractivity contribution >= 4 is 17.3 Å². The molecule has 1 N–H and O–H groups in total. The van der Waals surface area contributed by atoms with Crippen molar-refractivity contribution in [3.63, 3.8) is 0 Å². The van der Waals surface area contributed by atoms with Gasteiger partial charge in [-0.05, 0) is 18.6 Å². The minimum Gasteiger partial charge on any atom is -0.506 e. The van der Waals surface area contributed by atoms with Crippen molar-refractivity contribution in [3.8, 4) is 5.75 Å². The molecule has 0 saturated heterocycles. The summed E-state index contributed by atoms with van der Waals surface area (Å²) >= 11 is 1.28. The first kappa shape index (κ1) is 12.6. The fourth-order valence-corrected chi connectivity index (χ4v) is 2.64. The molecular formula is C14H14O3S. The molecule has 94 valence electrons. The Hall–Kier alpha value is -1.81. The molecule has 0 aliphatic rings. The van der Waals surface area contributed by atoms with E-state index in [1.54, 1.807) is 13.0 Å². The number of thiophene rings is 1. The molecule has 0 aliphatic carbocycles. The zero-order chi connectivity index (χ0) is 13.0. The van der Waals surface area contributed by atoms with Gasteiger partial charge in [-0.3, -0.25) is 0 Å². The molecule has 0 radical (unpaired) electrons. The van der Waals surface area contributed by atoms with E-state index in [1.807, 2.05) is 30.3 Å². The Morgan fingerprint density at radius 1 is 1.33 bits per heavy atom. The van der Waals surface area contributed by atoms with Gasteiger partial charge in [-0.2, -0.15) is 0 Å². The van der Waals surface area contributed by atoms with Crippen molar-refractivity contribution in [1.29, 1.82) is 0 Å². The van der Waals surface area contributed by atoms with Gasteiger partial charge in [0.05, 0.1) is 6.61 Å². The van der Waals surface area contributed by atoms with Crippen molar-refractivity contribution in [2.24, 2.45) is 0 Å². The molecule has 18 heavy (non-hydrogen) atoms. The SMILES string of the molecule is CCOC(=O)c1sc(Cc2ccccc2)cc1O. The number of benzene rings is 1. The van der Waals surface area contributed by atoms with E-state index in [9.17, 15) is 9.90 Å². The fourth-order valence-electron chi connectivity index (χ4n) is 1.66. The summed E-state index contributed by atoms with van der Waals surface area (Å²) in [6.45, 7) is 2.05. The summed E-state index contributed by atoms with van der Waals surface area (Å²) < 4.78 is 4.88. The average molecular weight is 262 g/mol. The van der Waals surface area contributed by atoms with Crippen LogP contribution in [0.2, 0.25) is 0 Å². The quantitative estimate of drug-likeness (QED) is 0.860. The van der Waals surface area contributed by atoms with Crippen LogP contribution >= 0.6 is 11.3 Å². The summed E-state index contributed by atoms with van der Waals surface area (Å²) in [7, 11) is 0. The molecule has 4 heteroatoms. The lowest BCUT2D eigenvalue weighted by Crippen LogP contribution is -2.01. The van der Waals surface area contributed by atoms with Gasteiger partial charge in [-0.1, -0.05) is 30.3 Å². The number of hydrogen-bond donors (Lipinski definition) is 1. The Morgan fingerprint density at radius 3 is 2.72 bits per heavy atom. The Balaban J connectivity index is 2.16. The first-order valence-electron chi connectivity index (χ1n) is 5.73. The first-order chi connectivity index (χ1) is 8.70. The van der Waals surface area contributed by atoms with E-state index in [0.29, 0.717) is 13.0 Å². The lowest BCUT2D eigenvalue weighted by atomic mass is 10.1. The van der Waals surface area contributed by atoms with Crippen LogP contribution in [0.25, 0.3) is 0 Å². The van der Waals surface area contributed by atoms with E-state index in [4.69, 9.17) is 4.74 Å². The predicted octanol–water partition coefficient (Wildman–Crippen LogP) is 3.22.